The van der Waals surface area contributed by atoms with Crippen molar-refractivity contribution in [3.63, 3.8) is 0 Å². The first-order valence-corrected chi connectivity index (χ1v) is 7.30. The van der Waals surface area contributed by atoms with E-state index in [0.717, 1.165) is 13.0 Å². The van der Waals surface area contributed by atoms with Crippen molar-refractivity contribution in [2.45, 2.75) is 52.9 Å². The highest BCUT2D eigenvalue weighted by molar-refractivity contribution is 5.99. The van der Waals surface area contributed by atoms with Gasteiger partial charge in [0.25, 0.3) is 0 Å². The summed E-state index contributed by atoms with van der Waals surface area (Å²) in [7, 11) is 1.57. The second-order valence-corrected chi connectivity index (χ2v) is 5.58. The van der Waals surface area contributed by atoms with Gasteiger partial charge in [0.15, 0.2) is 11.5 Å². The first-order valence-electron chi connectivity index (χ1n) is 7.30. The smallest absolute Gasteiger partial charge is 0.190 e. The molecule has 0 bridgehead atoms. The molecule has 1 fully saturated rings. The Morgan fingerprint density at radius 1 is 1.40 bits per heavy atom. The van der Waals surface area contributed by atoms with Gasteiger partial charge in [-0.3, -0.25) is 9.48 Å². The minimum atomic E-state index is -0.133. The van der Waals surface area contributed by atoms with Gasteiger partial charge in [-0.2, -0.15) is 5.10 Å². The molecule has 112 valence electrons. The Morgan fingerprint density at radius 3 is 2.60 bits per heavy atom. The third kappa shape index (κ3) is 2.46. The Labute approximate surface area is 120 Å². The average Bonchev–Trinajstić information content (AvgIpc) is 2.91. The molecule has 20 heavy (non-hydrogen) atoms. The Balaban J connectivity index is 2.35. The minimum absolute atomic E-state index is 0.0674. The van der Waals surface area contributed by atoms with Crippen LogP contribution in [0.1, 0.15) is 44.6 Å². The lowest BCUT2D eigenvalue weighted by Crippen LogP contribution is -2.29. The van der Waals surface area contributed by atoms with E-state index in [1.807, 2.05) is 13.8 Å². The van der Waals surface area contributed by atoms with E-state index in [9.17, 15) is 4.79 Å². The second kappa shape index (κ2) is 5.95. The van der Waals surface area contributed by atoms with Crippen LogP contribution in [-0.4, -0.2) is 34.9 Å². The fourth-order valence-corrected chi connectivity index (χ4v) is 3.02. The van der Waals surface area contributed by atoms with E-state index in [1.165, 1.54) is 0 Å². The molecular formula is C15H24N2O3. The number of nitrogens with zero attached hydrogens (tertiary/aromatic N) is 2. The van der Waals surface area contributed by atoms with Gasteiger partial charge in [-0.15, -0.1) is 0 Å². The maximum atomic E-state index is 12.9. The summed E-state index contributed by atoms with van der Waals surface area (Å²) in [6.45, 7) is 8.85. The Bertz CT molecular complexity index is 483. The number of aryl methyl sites for hydroxylation is 1. The van der Waals surface area contributed by atoms with Crippen LogP contribution < -0.4 is 4.74 Å². The molecule has 4 unspecified atom stereocenters. The van der Waals surface area contributed by atoms with Crippen molar-refractivity contribution in [2.75, 3.05) is 7.11 Å². The molecule has 0 aliphatic carbocycles. The molecule has 0 N–H and O–H groups in total. The predicted molar refractivity (Wildman–Crippen MR) is 76.1 cm³/mol. The molecule has 1 aliphatic rings. The SMILES string of the molecule is CCCn1ncc(OC)c1C(=O)C1C(C)OC(C)C1C. The number of methoxy groups -OCH3 is 1. The van der Waals surface area contributed by atoms with Gasteiger partial charge in [-0.1, -0.05) is 13.8 Å². The van der Waals surface area contributed by atoms with Gasteiger partial charge in [0.05, 0.1) is 31.4 Å². The maximum Gasteiger partial charge on any atom is 0.190 e. The van der Waals surface area contributed by atoms with E-state index in [4.69, 9.17) is 9.47 Å². The summed E-state index contributed by atoms with van der Waals surface area (Å²) in [6, 6.07) is 0. The van der Waals surface area contributed by atoms with Crippen molar-refractivity contribution in [3.05, 3.63) is 11.9 Å². The van der Waals surface area contributed by atoms with Gasteiger partial charge < -0.3 is 9.47 Å². The van der Waals surface area contributed by atoms with Gasteiger partial charge in [0.1, 0.15) is 5.69 Å². The summed E-state index contributed by atoms with van der Waals surface area (Å²) in [5, 5.41) is 4.27. The highest BCUT2D eigenvalue weighted by Crippen LogP contribution is 2.36. The van der Waals surface area contributed by atoms with Gasteiger partial charge in [-0.05, 0) is 26.2 Å². The fourth-order valence-electron chi connectivity index (χ4n) is 3.02. The molecular weight excluding hydrogens is 256 g/mol. The van der Waals surface area contributed by atoms with E-state index in [-0.39, 0.29) is 29.8 Å². The summed E-state index contributed by atoms with van der Waals surface area (Å²) >= 11 is 0. The summed E-state index contributed by atoms with van der Waals surface area (Å²) in [5.74, 6) is 0.706. The van der Waals surface area contributed by atoms with Crippen LogP contribution in [0.5, 0.6) is 5.75 Å². The Morgan fingerprint density at radius 2 is 2.10 bits per heavy atom. The summed E-state index contributed by atoms with van der Waals surface area (Å²) in [6.07, 6.45) is 2.58. The molecule has 4 atom stereocenters. The number of carbonyl (C=O) groups excluding carboxylic acids is 1. The normalized spacial score (nSPS) is 29.6. The van der Waals surface area contributed by atoms with Crippen molar-refractivity contribution in [2.24, 2.45) is 11.8 Å². The van der Waals surface area contributed by atoms with Crippen LogP contribution in [0.25, 0.3) is 0 Å². The largest absolute Gasteiger partial charge is 0.493 e. The van der Waals surface area contributed by atoms with Crippen LogP contribution in [-0.2, 0) is 11.3 Å². The van der Waals surface area contributed by atoms with Gasteiger partial charge >= 0.3 is 0 Å². The topological polar surface area (TPSA) is 53.4 Å². The molecule has 0 amide bonds. The van der Waals surface area contributed by atoms with E-state index in [2.05, 4.69) is 18.9 Å². The average molecular weight is 280 g/mol. The maximum absolute atomic E-state index is 12.9. The minimum Gasteiger partial charge on any atom is -0.493 e. The lowest BCUT2D eigenvalue weighted by atomic mass is 9.84. The van der Waals surface area contributed by atoms with Crippen LogP contribution in [0.3, 0.4) is 0 Å². The van der Waals surface area contributed by atoms with E-state index in [0.29, 0.717) is 11.4 Å². The molecule has 2 heterocycles. The van der Waals surface area contributed by atoms with Gasteiger partial charge in [0.2, 0.25) is 0 Å². The lowest BCUT2D eigenvalue weighted by Gasteiger charge is -2.18. The third-order valence-corrected chi connectivity index (χ3v) is 4.24. The first-order chi connectivity index (χ1) is 9.51. The number of Topliss-reactive ketones (excluding diaryl/α,β-unsaturated/α-hetero) is 1. The van der Waals surface area contributed by atoms with Crippen molar-refractivity contribution in [1.82, 2.24) is 9.78 Å². The molecule has 1 saturated heterocycles. The van der Waals surface area contributed by atoms with Crippen LogP contribution in [0, 0.1) is 11.8 Å². The number of carbonyl (C=O) groups is 1. The fraction of sp³-hybridized carbons (Fsp3) is 0.733. The highest BCUT2D eigenvalue weighted by atomic mass is 16.5. The zero-order chi connectivity index (χ0) is 14.9. The number of ketones is 1. The lowest BCUT2D eigenvalue weighted by molar-refractivity contribution is 0.0488. The Hall–Kier alpha value is -1.36. The molecule has 0 radical (unpaired) electrons. The first kappa shape index (κ1) is 15.0. The van der Waals surface area contributed by atoms with Crippen molar-refractivity contribution in [3.8, 4) is 5.75 Å². The number of aromatic nitrogens is 2. The van der Waals surface area contributed by atoms with Crippen molar-refractivity contribution < 1.29 is 14.3 Å². The van der Waals surface area contributed by atoms with E-state index in [1.54, 1.807) is 18.0 Å². The van der Waals surface area contributed by atoms with Gasteiger partial charge in [-0.25, -0.2) is 0 Å². The zero-order valence-corrected chi connectivity index (χ0v) is 12.9. The number of rotatable bonds is 5. The van der Waals surface area contributed by atoms with Crippen LogP contribution >= 0.6 is 0 Å². The van der Waals surface area contributed by atoms with Crippen LogP contribution in [0.4, 0.5) is 0 Å². The van der Waals surface area contributed by atoms with Crippen molar-refractivity contribution >= 4 is 5.78 Å². The molecule has 0 spiro atoms. The number of hydrogen-bond acceptors (Lipinski definition) is 4. The zero-order valence-electron chi connectivity index (χ0n) is 12.9. The molecule has 1 aromatic heterocycles. The standard InChI is InChI=1S/C15H24N2O3/c1-6-7-17-14(12(19-5)8-16-17)15(18)13-9(2)10(3)20-11(13)4/h8-11,13H,6-7H2,1-5H3. The van der Waals surface area contributed by atoms with Crippen molar-refractivity contribution in [1.29, 1.82) is 0 Å². The molecule has 1 aromatic rings. The molecule has 0 aromatic carbocycles. The molecule has 5 nitrogen and oxygen atoms in total. The summed E-state index contributed by atoms with van der Waals surface area (Å²) in [4.78, 5) is 12.9. The number of ether oxygens (including phenoxy) is 2. The molecule has 5 heteroatoms. The van der Waals surface area contributed by atoms with Crippen LogP contribution in [0.2, 0.25) is 0 Å². The third-order valence-electron chi connectivity index (χ3n) is 4.24. The predicted octanol–water partition coefficient (Wildman–Crippen LogP) is 2.54. The highest BCUT2D eigenvalue weighted by Gasteiger charge is 2.43. The quantitative estimate of drug-likeness (QED) is 0.778. The molecule has 2 rings (SSSR count). The monoisotopic (exact) mass is 280 g/mol. The molecule has 1 aliphatic heterocycles. The van der Waals surface area contributed by atoms with E-state index >= 15 is 0 Å². The van der Waals surface area contributed by atoms with Gasteiger partial charge in [0, 0.05) is 6.54 Å². The second-order valence-electron chi connectivity index (χ2n) is 5.58. The Kier molecular flexibility index (Phi) is 4.48. The van der Waals surface area contributed by atoms with E-state index < -0.39 is 0 Å². The van der Waals surface area contributed by atoms with Crippen LogP contribution in [0.15, 0.2) is 6.20 Å². The molecule has 0 saturated carbocycles. The summed E-state index contributed by atoms with van der Waals surface area (Å²) < 4.78 is 12.8. The number of hydrogen-bond donors (Lipinski definition) is 0. The summed E-state index contributed by atoms with van der Waals surface area (Å²) in [5.41, 5.74) is 0.579.